The Morgan fingerprint density at radius 1 is 1.06 bits per heavy atom. The van der Waals surface area contributed by atoms with Gasteiger partial charge in [-0.15, -0.1) is 6.58 Å². The number of benzene rings is 2. The van der Waals surface area contributed by atoms with Gasteiger partial charge in [-0.1, -0.05) is 18.2 Å². The van der Waals surface area contributed by atoms with E-state index in [1.165, 1.54) is 23.1 Å². The van der Waals surface area contributed by atoms with Crippen molar-refractivity contribution in [1.82, 2.24) is 9.47 Å². The van der Waals surface area contributed by atoms with Crippen LogP contribution in [0.1, 0.15) is 22.5 Å². The zero-order valence-electron chi connectivity index (χ0n) is 18.4. The molecule has 0 spiro atoms. The van der Waals surface area contributed by atoms with Gasteiger partial charge in [0.05, 0.1) is 4.91 Å². The topological polar surface area (TPSA) is 51.5 Å². The first kappa shape index (κ1) is 22.6. The quantitative estimate of drug-likeness (QED) is 0.318. The smallest absolute Gasteiger partial charge is 0.293 e. The normalized spacial score (nSPS) is 14.9. The van der Waals surface area contributed by atoms with E-state index in [2.05, 4.69) is 11.1 Å². The third-order valence-corrected chi connectivity index (χ3v) is 6.26. The van der Waals surface area contributed by atoms with Gasteiger partial charge in [0.1, 0.15) is 18.2 Å². The van der Waals surface area contributed by atoms with Crippen molar-refractivity contribution < 1.29 is 18.7 Å². The molecular weight excluding hydrogens is 439 g/mol. The average Bonchev–Trinajstić information content (AvgIpc) is 3.23. The van der Waals surface area contributed by atoms with Crippen LogP contribution < -0.4 is 4.74 Å². The second-order valence-electron chi connectivity index (χ2n) is 7.65. The van der Waals surface area contributed by atoms with Crippen LogP contribution in [0.3, 0.4) is 0 Å². The van der Waals surface area contributed by atoms with Crippen molar-refractivity contribution in [3.8, 4) is 11.4 Å². The number of rotatable bonds is 7. The molecule has 0 saturated carbocycles. The average molecular weight is 463 g/mol. The molecule has 2 aromatic carbocycles. The highest BCUT2D eigenvalue weighted by Gasteiger charge is 2.34. The molecule has 0 bridgehead atoms. The van der Waals surface area contributed by atoms with Crippen LogP contribution in [0.5, 0.6) is 5.75 Å². The maximum absolute atomic E-state index is 13.0. The number of thioether (sulfide) groups is 1. The molecule has 3 aromatic rings. The van der Waals surface area contributed by atoms with Crippen LogP contribution in [0.4, 0.5) is 9.18 Å². The SMILES string of the molecule is C=CCN1C(=O)S/C(=C/c2cc(C)n(-c3ccc(OCc4ccc(F)cc4)cc3)c2C)C1=O. The van der Waals surface area contributed by atoms with Crippen molar-refractivity contribution in [2.45, 2.75) is 20.5 Å². The molecule has 1 fully saturated rings. The molecule has 1 saturated heterocycles. The highest BCUT2D eigenvalue weighted by molar-refractivity contribution is 8.18. The highest BCUT2D eigenvalue weighted by Crippen LogP contribution is 2.33. The van der Waals surface area contributed by atoms with Gasteiger partial charge in [0.15, 0.2) is 0 Å². The number of imide groups is 1. The lowest BCUT2D eigenvalue weighted by Crippen LogP contribution is -2.27. The fourth-order valence-electron chi connectivity index (χ4n) is 3.70. The predicted molar refractivity (Wildman–Crippen MR) is 129 cm³/mol. The standard InChI is InChI=1S/C26H23FN2O3S/c1-4-13-28-25(30)24(33-26(28)31)15-20-14-17(2)29(18(20)3)22-9-11-23(12-10-22)32-16-19-5-7-21(27)8-6-19/h4-12,14-15H,1,13,16H2,2-3H3/b24-15+. The molecule has 168 valence electrons. The first-order valence-electron chi connectivity index (χ1n) is 10.4. The summed E-state index contributed by atoms with van der Waals surface area (Å²) in [6.07, 6.45) is 3.31. The van der Waals surface area contributed by atoms with Crippen molar-refractivity contribution >= 4 is 29.0 Å². The highest BCUT2D eigenvalue weighted by atomic mass is 32.2. The molecule has 2 amide bonds. The lowest BCUT2D eigenvalue weighted by atomic mass is 10.2. The van der Waals surface area contributed by atoms with Gasteiger partial charge in [-0.2, -0.15) is 0 Å². The molecule has 1 aliphatic rings. The number of amides is 2. The van der Waals surface area contributed by atoms with Crippen LogP contribution in [0.2, 0.25) is 0 Å². The van der Waals surface area contributed by atoms with E-state index in [-0.39, 0.29) is 23.5 Å². The summed E-state index contributed by atoms with van der Waals surface area (Å²) in [5.41, 5.74) is 4.69. The molecule has 33 heavy (non-hydrogen) atoms. The summed E-state index contributed by atoms with van der Waals surface area (Å²) in [5, 5.41) is -0.281. The van der Waals surface area contributed by atoms with E-state index in [1.54, 1.807) is 18.2 Å². The van der Waals surface area contributed by atoms with Crippen LogP contribution in [0.25, 0.3) is 11.8 Å². The van der Waals surface area contributed by atoms with Crippen LogP contribution in [0.15, 0.2) is 72.2 Å². The van der Waals surface area contributed by atoms with E-state index >= 15 is 0 Å². The lowest BCUT2D eigenvalue weighted by molar-refractivity contribution is -0.122. The van der Waals surface area contributed by atoms with Gasteiger partial charge in [0.2, 0.25) is 0 Å². The van der Waals surface area contributed by atoms with E-state index in [4.69, 9.17) is 4.74 Å². The van der Waals surface area contributed by atoms with Gasteiger partial charge in [-0.25, -0.2) is 4.39 Å². The molecule has 1 aliphatic heterocycles. The molecule has 0 radical (unpaired) electrons. The van der Waals surface area contributed by atoms with Gasteiger partial charge in [-0.3, -0.25) is 14.5 Å². The maximum Gasteiger partial charge on any atom is 0.293 e. The number of aromatic nitrogens is 1. The van der Waals surface area contributed by atoms with E-state index in [1.807, 2.05) is 44.2 Å². The monoisotopic (exact) mass is 462 g/mol. The Morgan fingerprint density at radius 3 is 2.42 bits per heavy atom. The molecule has 4 rings (SSSR count). The van der Waals surface area contributed by atoms with Gasteiger partial charge >= 0.3 is 0 Å². The number of nitrogens with zero attached hydrogens (tertiary/aromatic N) is 2. The number of hydrogen-bond donors (Lipinski definition) is 0. The third kappa shape index (κ3) is 4.78. The summed E-state index contributed by atoms with van der Waals surface area (Å²) in [7, 11) is 0. The minimum absolute atomic E-state index is 0.205. The summed E-state index contributed by atoms with van der Waals surface area (Å²) in [4.78, 5) is 26.2. The maximum atomic E-state index is 13.0. The Balaban J connectivity index is 1.52. The number of aryl methyl sites for hydroxylation is 1. The zero-order chi connectivity index (χ0) is 23.5. The van der Waals surface area contributed by atoms with E-state index in [0.29, 0.717) is 17.3 Å². The van der Waals surface area contributed by atoms with Crippen LogP contribution in [-0.4, -0.2) is 27.2 Å². The molecular formula is C26H23FN2O3S. The zero-order valence-corrected chi connectivity index (χ0v) is 19.2. The van der Waals surface area contributed by atoms with Crippen LogP contribution >= 0.6 is 11.8 Å². The minimum atomic E-state index is -0.294. The Kier molecular flexibility index (Phi) is 6.51. The molecule has 0 unspecified atom stereocenters. The van der Waals surface area contributed by atoms with Gasteiger partial charge in [0.25, 0.3) is 11.1 Å². The van der Waals surface area contributed by atoms with Crippen molar-refractivity contribution in [3.63, 3.8) is 0 Å². The van der Waals surface area contributed by atoms with Gasteiger partial charge < -0.3 is 9.30 Å². The minimum Gasteiger partial charge on any atom is -0.489 e. The van der Waals surface area contributed by atoms with Crippen molar-refractivity contribution in [2.24, 2.45) is 0 Å². The number of ether oxygens (including phenoxy) is 1. The number of hydrogen-bond acceptors (Lipinski definition) is 4. The molecule has 0 aliphatic carbocycles. The Hall–Kier alpha value is -3.58. The van der Waals surface area contributed by atoms with Gasteiger partial charge in [-0.05, 0) is 85.3 Å². The summed E-state index contributed by atoms with van der Waals surface area (Å²) in [6, 6.07) is 15.9. The van der Waals surface area contributed by atoms with Crippen LogP contribution in [-0.2, 0) is 11.4 Å². The number of carbonyl (C=O) groups excluding carboxylic acids is 2. The number of carbonyl (C=O) groups is 2. The van der Waals surface area contributed by atoms with Gasteiger partial charge in [0, 0.05) is 23.6 Å². The fraction of sp³-hybridized carbons (Fsp3) is 0.154. The summed E-state index contributed by atoms with van der Waals surface area (Å²) in [5.74, 6) is 0.145. The first-order chi connectivity index (χ1) is 15.9. The molecule has 7 heteroatoms. The molecule has 5 nitrogen and oxygen atoms in total. The van der Waals surface area contributed by atoms with Crippen molar-refractivity contribution in [3.05, 3.63) is 100 Å². The fourth-order valence-corrected chi connectivity index (χ4v) is 4.54. The van der Waals surface area contributed by atoms with E-state index < -0.39 is 0 Å². The Morgan fingerprint density at radius 2 is 1.76 bits per heavy atom. The summed E-state index contributed by atoms with van der Waals surface area (Å²) >= 11 is 0.947. The van der Waals surface area contributed by atoms with E-state index in [0.717, 1.165) is 40.0 Å². The molecule has 2 heterocycles. The lowest BCUT2D eigenvalue weighted by Gasteiger charge is -2.12. The number of halogens is 1. The Bertz CT molecular complexity index is 1240. The summed E-state index contributed by atoms with van der Waals surface area (Å²) < 4.78 is 20.9. The first-order valence-corrected chi connectivity index (χ1v) is 11.2. The molecule has 1 aromatic heterocycles. The van der Waals surface area contributed by atoms with Crippen molar-refractivity contribution in [2.75, 3.05) is 6.54 Å². The van der Waals surface area contributed by atoms with Crippen molar-refractivity contribution in [1.29, 1.82) is 0 Å². The predicted octanol–water partition coefficient (Wildman–Crippen LogP) is 6.03. The third-order valence-electron chi connectivity index (χ3n) is 5.36. The molecule has 0 N–H and O–H groups in total. The summed E-state index contributed by atoms with van der Waals surface area (Å²) in [6.45, 7) is 8.13. The molecule has 0 atom stereocenters. The second-order valence-corrected chi connectivity index (χ2v) is 8.65. The largest absolute Gasteiger partial charge is 0.489 e. The Labute approximate surface area is 196 Å². The second kappa shape index (κ2) is 9.50. The van der Waals surface area contributed by atoms with Crippen LogP contribution in [0, 0.1) is 19.7 Å². The van der Waals surface area contributed by atoms with E-state index in [9.17, 15) is 14.0 Å².